The first-order chi connectivity index (χ1) is 8.47. The van der Waals surface area contributed by atoms with Crippen molar-refractivity contribution < 1.29 is 8.78 Å². The average Bonchev–Trinajstić information content (AvgIpc) is 2.32. The first kappa shape index (κ1) is 13.5. The van der Waals surface area contributed by atoms with Crippen molar-refractivity contribution in [3.63, 3.8) is 0 Å². The van der Waals surface area contributed by atoms with E-state index in [1.807, 2.05) is 0 Å². The number of nitrogens with one attached hydrogen (secondary N) is 1. The van der Waals surface area contributed by atoms with E-state index in [2.05, 4.69) is 5.32 Å². The zero-order valence-corrected chi connectivity index (χ0v) is 11.1. The lowest BCUT2D eigenvalue weighted by molar-refractivity contribution is 0.221. The molecule has 0 aliphatic carbocycles. The van der Waals surface area contributed by atoms with Gasteiger partial charge in [0.25, 0.3) is 0 Å². The summed E-state index contributed by atoms with van der Waals surface area (Å²) in [4.78, 5) is 0. The van der Waals surface area contributed by atoms with E-state index in [0.717, 1.165) is 25.9 Å². The van der Waals surface area contributed by atoms with Crippen LogP contribution in [0.25, 0.3) is 0 Å². The maximum Gasteiger partial charge on any atom is 0.130 e. The summed E-state index contributed by atoms with van der Waals surface area (Å²) in [6.45, 7) is 5.00. The fourth-order valence-electron chi connectivity index (χ4n) is 2.51. The van der Waals surface area contributed by atoms with Crippen molar-refractivity contribution in [1.29, 1.82) is 0 Å². The van der Waals surface area contributed by atoms with Crippen LogP contribution < -0.4 is 5.32 Å². The van der Waals surface area contributed by atoms with Gasteiger partial charge in [-0.1, -0.05) is 6.07 Å². The Morgan fingerprint density at radius 2 is 2.17 bits per heavy atom. The second-order valence-corrected chi connectivity index (χ2v) is 5.70. The molecule has 1 N–H and O–H groups in total. The quantitative estimate of drug-likeness (QED) is 0.868. The molecule has 1 fully saturated rings. The van der Waals surface area contributed by atoms with Crippen LogP contribution in [0, 0.1) is 11.7 Å². The molecule has 1 aromatic carbocycles. The Kier molecular flexibility index (Phi) is 4.00. The summed E-state index contributed by atoms with van der Waals surface area (Å²) in [5, 5.41) is 3.32. The molecule has 1 aliphatic rings. The molecule has 0 radical (unpaired) electrons. The lowest BCUT2D eigenvalue weighted by Crippen LogP contribution is -2.31. The summed E-state index contributed by atoms with van der Waals surface area (Å²) in [6, 6.07) is 4.62. The molecule has 0 saturated carbocycles. The minimum atomic E-state index is -1.41. The van der Waals surface area contributed by atoms with E-state index >= 15 is 0 Å². The van der Waals surface area contributed by atoms with Crippen molar-refractivity contribution in [2.45, 2.75) is 38.8 Å². The minimum absolute atomic E-state index is 0.214. The maximum atomic E-state index is 13.9. The monoisotopic (exact) mass is 253 g/mol. The molecule has 1 aliphatic heterocycles. The van der Waals surface area contributed by atoms with Crippen molar-refractivity contribution in [3.8, 4) is 0 Å². The van der Waals surface area contributed by atoms with Crippen LogP contribution in [-0.4, -0.2) is 13.1 Å². The topological polar surface area (TPSA) is 12.0 Å². The molecule has 0 amide bonds. The second kappa shape index (κ2) is 5.35. The molecule has 1 nitrogen and oxygen atoms in total. The number of benzene rings is 1. The molecule has 100 valence electrons. The predicted octanol–water partition coefficient (Wildman–Crippen LogP) is 3.57. The summed E-state index contributed by atoms with van der Waals surface area (Å²) in [6.07, 6.45) is 2.96. The Labute approximate surface area is 108 Å². The molecule has 18 heavy (non-hydrogen) atoms. The third-order valence-corrected chi connectivity index (χ3v) is 3.64. The Hall–Kier alpha value is -0.960. The van der Waals surface area contributed by atoms with E-state index in [1.165, 1.54) is 26.0 Å². The zero-order chi connectivity index (χ0) is 13.2. The van der Waals surface area contributed by atoms with Crippen LogP contribution in [0.2, 0.25) is 0 Å². The number of alkyl halides is 1. The fraction of sp³-hybridized carbons (Fsp3) is 0.600. The van der Waals surface area contributed by atoms with Gasteiger partial charge >= 0.3 is 0 Å². The number of piperidine rings is 1. The summed E-state index contributed by atoms with van der Waals surface area (Å²) in [7, 11) is 0. The van der Waals surface area contributed by atoms with Crippen LogP contribution in [0.5, 0.6) is 0 Å². The molecule has 2 rings (SSSR count). The van der Waals surface area contributed by atoms with Gasteiger partial charge in [-0.3, -0.25) is 0 Å². The Morgan fingerprint density at radius 1 is 1.39 bits per heavy atom. The third kappa shape index (κ3) is 3.29. The summed E-state index contributed by atoms with van der Waals surface area (Å²) < 4.78 is 27.6. The number of halogens is 2. The van der Waals surface area contributed by atoms with Gasteiger partial charge in [-0.15, -0.1) is 0 Å². The van der Waals surface area contributed by atoms with Crippen LogP contribution in [-0.2, 0) is 12.1 Å². The van der Waals surface area contributed by atoms with Crippen molar-refractivity contribution in [2.24, 2.45) is 5.92 Å². The Bertz CT molecular complexity index is 403. The highest BCUT2D eigenvalue weighted by molar-refractivity contribution is 5.29. The highest BCUT2D eigenvalue weighted by Gasteiger charge is 2.21. The highest BCUT2D eigenvalue weighted by Crippen LogP contribution is 2.27. The number of hydrogen-bond donors (Lipinski definition) is 1. The van der Waals surface area contributed by atoms with Gasteiger partial charge in [0.05, 0.1) is 0 Å². The lowest BCUT2D eigenvalue weighted by atomic mass is 9.89. The Morgan fingerprint density at radius 3 is 2.78 bits per heavy atom. The SMILES string of the molecule is CC(C)(F)c1ccc(F)c(CC2CCCNC2)c1. The molecule has 1 aromatic rings. The zero-order valence-electron chi connectivity index (χ0n) is 11.1. The van der Waals surface area contributed by atoms with Gasteiger partial charge in [-0.2, -0.15) is 0 Å². The van der Waals surface area contributed by atoms with E-state index in [9.17, 15) is 8.78 Å². The standard InChI is InChI=1S/C15H21F2N/c1-15(2,17)13-5-6-14(16)12(9-13)8-11-4-3-7-18-10-11/h5-6,9,11,18H,3-4,7-8,10H2,1-2H3. The van der Waals surface area contributed by atoms with E-state index in [4.69, 9.17) is 0 Å². The fourth-order valence-corrected chi connectivity index (χ4v) is 2.51. The normalized spacial score (nSPS) is 21.0. The molecule has 0 aromatic heterocycles. The largest absolute Gasteiger partial charge is 0.316 e. The van der Waals surface area contributed by atoms with Crippen LogP contribution in [0.4, 0.5) is 8.78 Å². The molecule has 1 unspecified atom stereocenters. The van der Waals surface area contributed by atoms with E-state index < -0.39 is 5.67 Å². The van der Waals surface area contributed by atoms with E-state index in [0.29, 0.717) is 23.5 Å². The number of hydrogen-bond acceptors (Lipinski definition) is 1. The second-order valence-electron chi connectivity index (χ2n) is 5.70. The number of rotatable bonds is 3. The minimum Gasteiger partial charge on any atom is -0.316 e. The van der Waals surface area contributed by atoms with Gasteiger partial charge in [0.15, 0.2) is 0 Å². The molecule has 3 heteroatoms. The van der Waals surface area contributed by atoms with Gasteiger partial charge < -0.3 is 5.32 Å². The van der Waals surface area contributed by atoms with Crippen molar-refractivity contribution >= 4 is 0 Å². The van der Waals surface area contributed by atoms with Gasteiger partial charge in [0.2, 0.25) is 0 Å². The van der Waals surface area contributed by atoms with Crippen molar-refractivity contribution in [3.05, 3.63) is 35.1 Å². The molecule has 1 heterocycles. The van der Waals surface area contributed by atoms with Crippen molar-refractivity contribution in [1.82, 2.24) is 5.32 Å². The van der Waals surface area contributed by atoms with Crippen LogP contribution >= 0.6 is 0 Å². The molecule has 1 saturated heterocycles. The molecule has 1 atom stereocenters. The highest BCUT2D eigenvalue weighted by atomic mass is 19.1. The first-order valence-electron chi connectivity index (χ1n) is 6.65. The van der Waals surface area contributed by atoms with Gasteiger partial charge in [0, 0.05) is 0 Å². The summed E-state index contributed by atoms with van der Waals surface area (Å²) in [5.41, 5.74) is -0.206. The van der Waals surface area contributed by atoms with Crippen LogP contribution in [0.15, 0.2) is 18.2 Å². The molecular weight excluding hydrogens is 232 g/mol. The third-order valence-electron chi connectivity index (χ3n) is 3.64. The summed E-state index contributed by atoms with van der Waals surface area (Å²) in [5.74, 6) is 0.250. The van der Waals surface area contributed by atoms with Gasteiger partial charge in [0.1, 0.15) is 11.5 Å². The van der Waals surface area contributed by atoms with Gasteiger partial charge in [-0.25, -0.2) is 8.78 Å². The van der Waals surface area contributed by atoms with E-state index in [1.54, 1.807) is 6.07 Å². The van der Waals surface area contributed by atoms with E-state index in [-0.39, 0.29) is 5.82 Å². The van der Waals surface area contributed by atoms with Gasteiger partial charge in [-0.05, 0) is 75.4 Å². The lowest BCUT2D eigenvalue weighted by Gasteiger charge is -2.23. The van der Waals surface area contributed by atoms with Crippen LogP contribution in [0.1, 0.15) is 37.8 Å². The molecular formula is C15H21F2N. The smallest absolute Gasteiger partial charge is 0.130 e. The molecule has 0 spiro atoms. The Balaban J connectivity index is 2.15. The first-order valence-corrected chi connectivity index (χ1v) is 6.65. The van der Waals surface area contributed by atoms with Crippen molar-refractivity contribution in [2.75, 3.05) is 13.1 Å². The average molecular weight is 253 g/mol. The summed E-state index contributed by atoms with van der Waals surface area (Å²) >= 11 is 0. The predicted molar refractivity (Wildman–Crippen MR) is 69.8 cm³/mol. The molecule has 0 bridgehead atoms. The maximum absolute atomic E-state index is 13.9. The van der Waals surface area contributed by atoms with Crippen LogP contribution in [0.3, 0.4) is 0 Å².